The van der Waals surface area contributed by atoms with E-state index in [2.05, 4.69) is 10.3 Å². The second kappa shape index (κ2) is 6.43. The van der Waals surface area contributed by atoms with E-state index in [0.29, 0.717) is 12.2 Å². The molecule has 20 heavy (non-hydrogen) atoms. The number of alkyl halides is 3. The highest BCUT2D eigenvalue weighted by atomic mass is 19.4. The highest BCUT2D eigenvalue weighted by Crippen LogP contribution is 2.25. The summed E-state index contributed by atoms with van der Waals surface area (Å²) in [5, 5.41) is 3.14. The second-order valence-corrected chi connectivity index (χ2v) is 5.63. The van der Waals surface area contributed by atoms with E-state index in [1.54, 1.807) is 6.07 Å². The van der Waals surface area contributed by atoms with Gasteiger partial charge in [-0.3, -0.25) is 0 Å². The monoisotopic (exact) mass is 290 g/mol. The molecule has 0 aliphatic heterocycles. The SMILES string of the molecule is CCNCc1cc(OCC(F)(F)F)nc(C(C)(C)C)c1. The fraction of sp³-hybridized carbons (Fsp3) is 0.643. The molecule has 0 radical (unpaired) electrons. The van der Waals surface area contributed by atoms with E-state index >= 15 is 0 Å². The van der Waals surface area contributed by atoms with Crippen LogP contribution in [0.4, 0.5) is 13.2 Å². The minimum Gasteiger partial charge on any atom is -0.468 e. The predicted octanol–water partition coefficient (Wildman–Crippen LogP) is 3.43. The number of hydrogen-bond acceptors (Lipinski definition) is 3. The summed E-state index contributed by atoms with van der Waals surface area (Å²) in [7, 11) is 0. The zero-order valence-corrected chi connectivity index (χ0v) is 12.3. The van der Waals surface area contributed by atoms with Gasteiger partial charge in [0.25, 0.3) is 0 Å². The summed E-state index contributed by atoms with van der Waals surface area (Å²) in [5.74, 6) is 0.0163. The van der Waals surface area contributed by atoms with Crippen LogP contribution in [-0.2, 0) is 12.0 Å². The van der Waals surface area contributed by atoms with E-state index in [0.717, 1.165) is 12.1 Å². The molecule has 0 aliphatic rings. The van der Waals surface area contributed by atoms with Crippen molar-refractivity contribution in [2.24, 2.45) is 0 Å². The van der Waals surface area contributed by atoms with Crippen LogP contribution in [0.1, 0.15) is 39.0 Å². The van der Waals surface area contributed by atoms with Crippen LogP contribution in [0.25, 0.3) is 0 Å². The van der Waals surface area contributed by atoms with Crippen molar-refractivity contribution >= 4 is 0 Å². The van der Waals surface area contributed by atoms with Crippen LogP contribution in [0.15, 0.2) is 12.1 Å². The number of pyridine rings is 1. The number of rotatable bonds is 5. The fourth-order valence-corrected chi connectivity index (χ4v) is 1.54. The lowest BCUT2D eigenvalue weighted by atomic mass is 9.91. The Hall–Kier alpha value is -1.30. The van der Waals surface area contributed by atoms with Crippen LogP contribution in [0.2, 0.25) is 0 Å². The quantitative estimate of drug-likeness (QED) is 0.902. The van der Waals surface area contributed by atoms with Crippen molar-refractivity contribution < 1.29 is 17.9 Å². The molecule has 0 aliphatic carbocycles. The van der Waals surface area contributed by atoms with Crippen LogP contribution in [0.3, 0.4) is 0 Å². The lowest BCUT2D eigenvalue weighted by molar-refractivity contribution is -0.154. The largest absolute Gasteiger partial charge is 0.468 e. The summed E-state index contributed by atoms with van der Waals surface area (Å²) in [4.78, 5) is 4.17. The normalized spacial score (nSPS) is 12.6. The van der Waals surface area contributed by atoms with Crippen LogP contribution in [0, 0.1) is 0 Å². The molecular weight excluding hydrogens is 269 g/mol. The van der Waals surface area contributed by atoms with Gasteiger partial charge in [-0.05, 0) is 18.2 Å². The van der Waals surface area contributed by atoms with Crippen LogP contribution in [0.5, 0.6) is 5.88 Å². The van der Waals surface area contributed by atoms with Gasteiger partial charge in [-0.25, -0.2) is 4.98 Å². The maximum Gasteiger partial charge on any atom is 0.422 e. The summed E-state index contributed by atoms with van der Waals surface area (Å²) < 4.78 is 41.4. The third-order valence-corrected chi connectivity index (χ3v) is 2.59. The van der Waals surface area contributed by atoms with Gasteiger partial charge in [-0.2, -0.15) is 13.2 Å². The third-order valence-electron chi connectivity index (χ3n) is 2.59. The average molecular weight is 290 g/mol. The van der Waals surface area contributed by atoms with Gasteiger partial charge in [0.15, 0.2) is 6.61 Å². The van der Waals surface area contributed by atoms with Crippen molar-refractivity contribution in [3.05, 3.63) is 23.4 Å². The number of ether oxygens (including phenoxy) is 1. The molecule has 0 amide bonds. The van der Waals surface area contributed by atoms with Gasteiger partial charge in [-0.1, -0.05) is 27.7 Å². The first-order chi connectivity index (χ1) is 9.12. The van der Waals surface area contributed by atoms with E-state index in [4.69, 9.17) is 4.74 Å². The van der Waals surface area contributed by atoms with Gasteiger partial charge in [0.05, 0.1) is 5.69 Å². The first-order valence-corrected chi connectivity index (χ1v) is 6.53. The van der Waals surface area contributed by atoms with E-state index in [-0.39, 0.29) is 11.3 Å². The van der Waals surface area contributed by atoms with Crippen molar-refractivity contribution in [3.8, 4) is 5.88 Å². The number of hydrogen-bond donors (Lipinski definition) is 1. The first-order valence-electron chi connectivity index (χ1n) is 6.53. The Bertz CT molecular complexity index is 439. The summed E-state index contributed by atoms with van der Waals surface area (Å²) in [6.45, 7) is 7.87. The van der Waals surface area contributed by atoms with E-state index in [1.807, 2.05) is 33.8 Å². The highest BCUT2D eigenvalue weighted by molar-refractivity contribution is 5.28. The smallest absolute Gasteiger partial charge is 0.422 e. The lowest BCUT2D eigenvalue weighted by Crippen LogP contribution is -2.21. The summed E-state index contributed by atoms with van der Waals surface area (Å²) in [6.07, 6.45) is -4.36. The molecule has 0 bridgehead atoms. The molecule has 0 unspecified atom stereocenters. The fourth-order valence-electron chi connectivity index (χ4n) is 1.54. The Balaban J connectivity index is 2.97. The highest BCUT2D eigenvalue weighted by Gasteiger charge is 2.29. The predicted molar refractivity (Wildman–Crippen MR) is 71.9 cm³/mol. The van der Waals surface area contributed by atoms with E-state index in [1.165, 1.54) is 0 Å². The van der Waals surface area contributed by atoms with Crippen molar-refractivity contribution in [1.82, 2.24) is 10.3 Å². The molecule has 0 fully saturated rings. The van der Waals surface area contributed by atoms with Crippen LogP contribution < -0.4 is 10.1 Å². The maximum atomic E-state index is 12.2. The standard InChI is InChI=1S/C14H21F3N2O/c1-5-18-8-10-6-11(13(2,3)4)19-12(7-10)20-9-14(15,16)17/h6-7,18H,5,8-9H2,1-4H3. The lowest BCUT2D eigenvalue weighted by Gasteiger charge is -2.20. The maximum absolute atomic E-state index is 12.2. The van der Waals surface area contributed by atoms with Crippen molar-refractivity contribution in [3.63, 3.8) is 0 Å². The molecule has 3 nitrogen and oxygen atoms in total. The number of nitrogens with zero attached hydrogens (tertiary/aromatic N) is 1. The molecule has 1 heterocycles. The molecule has 114 valence electrons. The molecule has 1 aromatic rings. The van der Waals surface area contributed by atoms with Gasteiger partial charge >= 0.3 is 6.18 Å². The summed E-state index contributed by atoms with van der Waals surface area (Å²) in [6, 6.07) is 3.44. The summed E-state index contributed by atoms with van der Waals surface area (Å²) in [5.41, 5.74) is 1.33. The van der Waals surface area contributed by atoms with Crippen molar-refractivity contribution in [2.75, 3.05) is 13.2 Å². The zero-order valence-electron chi connectivity index (χ0n) is 12.3. The van der Waals surface area contributed by atoms with E-state index in [9.17, 15) is 13.2 Å². The Morgan fingerprint density at radius 3 is 2.35 bits per heavy atom. The molecule has 1 rings (SSSR count). The minimum atomic E-state index is -4.36. The first kappa shape index (κ1) is 16.8. The van der Waals surface area contributed by atoms with Gasteiger partial charge in [0, 0.05) is 18.0 Å². The zero-order chi connectivity index (χ0) is 15.4. The Morgan fingerprint density at radius 2 is 1.85 bits per heavy atom. The second-order valence-electron chi connectivity index (χ2n) is 5.63. The number of aromatic nitrogens is 1. The molecule has 0 saturated heterocycles. The molecule has 0 saturated carbocycles. The Labute approximate surface area is 117 Å². The minimum absolute atomic E-state index is 0.0163. The van der Waals surface area contributed by atoms with Gasteiger partial charge in [0.1, 0.15) is 0 Å². The van der Waals surface area contributed by atoms with Crippen LogP contribution >= 0.6 is 0 Å². The van der Waals surface area contributed by atoms with Gasteiger partial charge in [0.2, 0.25) is 5.88 Å². The summed E-state index contributed by atoms with van der Waals surface area (Å²) >= 11 is 0. The van der Waals surface area contributed by atoms with E-state index < -0.39 is 12.8 Å². The third kappa shape index (κ3) is 5.77. The van der Waals surface area contributed by atoms with Gasteiger partial charge in [-0.15, -0.1) is 0 Å². The van der Waals surface area contributed by atoms with Gasteiger partial charge < -0.3 is 10.1 Å². The molecule has 0 aromatic carbocycles. The van der Waals surface area contributed by atoms with Crippen molar-refractivity contribution in [1.29, 1.82) is 0 Å². The molecule has 1 N–H and O–H groups in total. The average Bonchev–Trinajstić information content (AvgIpc) is 2.32. The number of nitrogens with one attached hydrogen (secondary N) is 1. The Morgan fingerprint density at radius 1 is 1.20 bits per heavy atom. The van der Waals surface area contributed by atoms with Crippen molar-refractivity contribution in [2.45, 2.75) is 45.8 Å². The Kier molecular flexibility index (Phi) is 5.39. The molecule has 0 spiro atoms. The topological polar surface area (TPSA) is 34.1 Å². The molecular formula is C14H21F3N2O. The molecule has 0 atom stereocenters. The number of halogens is 3. The molecule has 6 heteroatoms. The van der Waals surface area contributed by atoms with Crippen LogP contribution in [-0.4, -0.2) is 24.3 Å². The molecule has 1 aromatic heterocycles.